The third kappa shape index (κ3) is 4.40. The number of hydrogen-bond donors (Lipinski definition) is 2. The topological polar surface area (TPSA) is 109 Å². The van der Waals surface area contributed by atoms with Gasteiger partial charge in [-0.2, -0.15) is 15.7 Å². The Morgan fingerprint density at radius 3 is 2.51 bits per heavy atom. The second-order valence-corrected chi connectivity index (χ2v) is 12.9. The summed E-state index contributed by atoms with van der Waals surface area (Å²) in [4.78, 5) is 24.3. The van der Waals surface area contributed by atoms with Crippen molar-refractivity contribution in [1.82, 2.24) is 29.2 Å². The molecule has 9 nitrogen and oxygen atoms in total. The first-order chi connectivity index (χ1) is 18.5. The molecule has 2 N–H and O–H groups in total. The molecular formula is C27H30F2N6O3S. The van der Waals surface area contributed by atoms with E-state index in [9.17, 15) is 22.7 Å². The van der Waals surface area contributed by atoms with Crippen molar-refractivity contribution >= 4 is 27.4 Å². The van der Waals surface area contributed by atoms with Crippen LogP contribution in [0.3, 0.4) is 0 Å². The lowest BCUT2D eigenvalue weighted by molar-refractivity contribution is -0.135. The number of benzene rings is 1. The van der Waals surface area contributed by atoms with Crippen LogP contribution in [0.5, 0.6) is 0 Å². The first kappa shape index (κ1) is 25.9. The predicted octanol–water partition coefficient (Wildman–Crippen LogP) is 5.60. The number of likely N-dealkylation sites (N-methyl/N-ethyl adjacent to an activating group) is 1. The minimum Gasteiger partial charge on any atom is -0.338 e. The van der Waals surface area contributed by atoms with E-state index >= 15 is 0 Å². The van der Waals surface area contributed by atoms with Crippen LogP contribution in [-0.4, -0.2) is 62.8 Å². The molecule has 1 unspecified atom stereocenters. The largest absolute Gasteiger partial charge is 0.338 e. The molecule has 12 heteroatoms. The zero-order chi connectivity index (χ0) is 27.6. The van der Waals surface area contributed by atoms with Crippen molar-refractivity contribution in [2.45, 2.75) is 44.7 Å². The first-order valence-electron chi connectivity index (χ1n) is 12.8. The third-order valence-corrected chi connectivity index (χ3v) is 9.63. The number of halogens is 2. The molecule has 0 bridgehead atoms. The fourth-order valence-corrected chi connectivity index (χ4v) is 7.36. The van der Waals surface area contributed by atoms with Gasteiger partial charge in [-0.3, -0.25) is 18.6 Å². The molecule has 5 heterocycles. The summed E-state index contributed by atoms with van der Waals surface area (Å²) in [5, 5.41) is 4.67. The van der Waals surface area contributed by atoms with Crippen LogP contribution in [0.1, 0.15) is 55.2 Å². The Bertz CT molecular complexity index is 1590. The smallest absolute Gasteiger partial charge is 0.265 e. The van der Waals surface area contributed by atoms with E-state index in [0.717, 1.165) is 11.5 Å². The van der Waals surface area contributed by atoms with Gasteiger partial charge in [0.15, 0.2) is 0 Å². The summed E-state index contributed by atoms with van der Waals surface area (Å²) in [6, 6.07) is 6.49. The van der Waals surface area contributed by atoms with Gasteiger partial charge in [0.2, 0.25) is 5.91 Å². The predicted molar refractivity (Wildman–Crippen MR) is 146 cm³/mol. The summed E-state index contributed by atoms with van der Waals surface area (Å²) in [7, 11) is 0.880. The fraction of sp³-hybridized carbons (Fsp3) is 0.407. The number of nitrogens with zero attached hydrogens (tertiary/aromatic N) is 6. The second-order valence-electron chi connectivity index (χ2n) is 10.5. The zero-order valence-corrected chi connectivity index (χ0v) is 22.7. The van der Waals surface area contributed by atoms with Gasteiger partial charge in [-0.15, -0.1) is 0 Å². The molecule has 1 aromatic carbocycles. The van der Waals surface area contributed by atoms with E-state index in [1.165, 1.54) is 12.3 Å². The van der Waals surface area contributed by atoms with E-state index in [1.807, 2.05) is 23.6 Å². The Labute approximate surface area is 225 Å². The van der Waals surface area contributed by atoms with Crippen LogP contribution in [0.2, 0.25) is 0 Å². The molecule has 2 aliphatic rings. The minimum absolute atomic E-state index is 0.0338. The maximum absolute atomic E-state index is 14.3. The molecule has 4 aromatic rings. The average molecular weight is 557 g/mol. The van der Waals surface area contributed by atoms with Gasteiger partial charge in [0.25, 0.3) is 6.43 Å². The Hall–Kier alpha value is -3.35. The molecule has 1 atom stereocenters. The van der Waals surface area contributed by atoms with Crippen LogP contribution >= 0.6 is 10.6 Å². The summed E-state index contributed by atoms with van der Waals surface area (Å²) in [6.45, 7) is 2.17. The number of carbonyl (C=O) groups excluding carboxylic acids is 1. The van der Waals surface area contributed by atoms with Crippen LogP contribution in [-0.2, 0) is 18.4 Å². The molecule has 2 aliphatic heterocycles. The van der Waals surface area contributed by atoms with E-state index in [1.54, 1.807) is 35.9 Å². The van der Waals surface area contributed by atoms with Gasteiger partial charge in [-0.05, 0) is 31.9 Å². The third-order valence-electron chi connectivity index (χ3n) is 7.85. The summed E-state index contributed by atoms with van der Waals surface area (Å²) in [5.74, 6) is 1.25. The summed E-state index contributed by atoms with van der Waals surface area (Å²) >= 11 is 0. The number of alkyl halides is 2. The lowest BCUT2D eigenvalue weighted by Gasteiger charge is -2.39. The molecule has 1 fully saturated rings. The fourth-order valence-electron chi connectivity index (χ4n) is 5.83. The first-order valence-corrected chi connectivity index (χ1v) is 14.7. The number of carbonyl (C=O) groups is 1. The van der Waals surface area contributed by atoms with Gasteiger partial charge in [-0.25, -0.2) is 18.7 Å². The van der Waals surface area contributed by atoms with E-state index < -0.39 is 23.1 Å². The van der Waals surface area contributed by atoms with Crippen LogP contribution in [0, 0.1) is 0 Å². The van der Waals surface area contributed by atoms with Gasteiger partial charge >= 0.3 is 0 Å². The van der Waals surface area contributed by atoms with Gasteiger partial charge in [-0.1, -0.05) is 12.1 Å². The summed E-state index contributed by atoms with van der Waals surface area (Å²) in [6.07, 6.45) is 1.54. The Morgan fingerprint density at radius 2 is 1.85 bits per heavy atom. The van der Waals surface area contributed by atoms with Gasteiger partial charge in [0.05, 0.1) is 35.3 Å². The number of pyridine rings is 1. The number of aryl methyl sites for hydroxylation is 1. The molecule has 0 aliphatic carbocycles. The van der Waals surface area contributed by atoms with Crippen molar-refractivity contribution in [1.29, 1.82) is 0 Å². The summed E-state index contributed by atoms with van der Waals surface area (Å²) in [5.41, 5.74) is 3.21. The highest BCUT2D eigenvalue weighted by Crippen LogP contribution is 2.49. The highest BCUT2D eigenvalue weighted by atomic mass is 32.3. The lowest BCUT2D eigenvalue weighted by Crippen LogP contribution is -2.40. The Morgan fingerprint density at radius 1 is 1.10 bits per heavy atom. The monoisotopic (exact) mass is 556 g/mol. The van der Waals surface area contributed by atoms with Crippen molar-refractivity contribution in [2.75, 3.05) is 18.6 Å². The standard InChI is InChI=1S/C27H30F2N6O3S/c1-15-27(36)33(2)14-22-24(32-26(35(15)22)16-7-9-39(37,38)10-8-16)18-5-4-6-21-19(18)11-20(25(28)29)23(31-21)17-12-30-34(3)13-17/h4-6,11-13,15-16,25,37-38H,7-10,14H2,1-3H3. The molecule has 39 heavy (non-hydrogen) atoms. The number of aromatic nitrogens is 5. The summed E-state index contributed by atoms with van der Waals surface area (Å²) < 4.78 is 52.5. The van der Waals surface area contributed by atoms with E-state index in [-0.39, 0.29) is 23.1 Å². The van der Waals surface area contributed by atoms with Gasteiger partial charge < -0.3 is 9.47 Å². The average Bonchev–Trinajstić information content (AvgIpc) is 3.50. The number of hydrogen-bond acceptors (Lipinski definition) is 6. The quantitative estimate of drug-likeness (QED) is 0.339. The van der Waals surface area contributed by atoms with Crippen molar-refractivity contribution in [3.05, 3.63) is 53.7 Å². The molecule has 0 radical (unpaired) electrons. The Kier molecular flexibility index (Phi) is 6.23. The molecule has 1 amide bonds. The number of imidazole rings is 1. The zero-order valence-electron chi connectivity index (χ0n) is 21.9. The van der Waals surface area contributed by atoms with E-state index in [2.05, 4.69) is 10.1 Å². The van der Waals surface area contributed by atoms with Crippen molar-refractivity contribution in [2.24, 2.45) is 7.05 Å². The maximum atomic E-state index is 14.3. The highest BCUT2D eigenvalue weighted by molar-refractivity contribution is 8.24. The van der Waals surface area contributed by atoms with Crippen molar-refractivity contribution < 1.29 is 22.7 Å². The van der Waals surface area contributed by atoms with E-state index in [4.69, 9.17) is 4.98 Å². The normalized spacial score (nSPS) is 20.6. The number of rotatable bonds is 4. The lowest BCUT2D eigenvalue weighted by atomic mass is 9.99. The number of fused-ring (bicyclic) bond motifs is 2. The Balaban J connectivity index is 1.55. The maximum Gasteiger partial charge on any atom is 0.265 e. The molecule has 0 saturated carbocycles. The molecule has 1 saturated heterocycles. The molecule has 3 aromatic heterocycles. The van der Waals surface area contributed by atoms with Gasteiger partial charge in [0.1, 0.15) is 11.9 Å². The molecule has 0 spiro atoms. The van der Waals surface area contributed by atoms with Crippen LogP contribution in [0.15, 0.2) is 36.7 Å². The minimum atomic E-state index is -2.75. The SMILES string of the molecule is CC1C(=O)N(C)Cc2c(-c3cccc4nc(-c5cnn(C)c5)c(C(F)F)cc34)nc(C3CCS(O)(O)CC3)n21. The molecular weight excluding hydrogens is 526 g/mol. The van der Waals surface area contributed by atoms with Crippen LogP contribution in [0.25, 0.3) is 33.4 Å². The number of amides is 1. The van der Waals surface area contributed by atoms with E-state index in [0.29, 0.717) is 58.6 Å². The van der Waals surface area contributed by atoms with Gasteiger partial charge in [0, 0.05) is 59.8 Å². The van der Waals surface area contributed by atoms with Crippen molar-refractivity contribution in [3.63, 3.8) is 0 Å². The van der Waals surface area contributed by atoms with Crippen LogP contribution < -0.4 is 0 Å². The molecule has 206 valence electrons. The highest BCUT2D eigenvalue weighted by Gasteiger charge is 2.37. The second kappa shape index (κ2) is 9.39. The van der Waals surface area contributed by atoms with Crippen molar-refractivity contribution in [3.8, 4) is 22.5 Å². The molecule has 6 rings (SSSR count). The van der Waals surface area contributed by atoms with Crippen LogP contribution in [0.4, 0.5) is 8.78 Å².